The van der Waals surface area contributed by atoms with Crippen molar-refractivity contribution >= 4 is 22.6 Å². The zero-order chi connectivity index (χ0) is 24.0. The number of nitrogens with zero attached hydrogens (tertiary/aromatic N) is 2. The lowest BCUT2D eigenvalue weighted by Crippen LogP contribution is -2.15. The third kappa shape index (κ3) is 3.86. The Bertz CT molecular complexity index is 1470. The van der Waals surface area contributed by atoms with Crippen LogP contribution in [0.5, 0.6) is 0 Å². The highest BCUT2D eigenvalue weighted by Crippen LogP contribution is 2.33. The van der Waals surface area contributed by atoms with E-state index in [1.165, 1.54) is 0 Å². The Kier molecular flexibility index (Phi) is 5.49. The molecule has 1 atom stereocenters. The van der Waals surface area contributed by atoms with Gasteiger partial charge in [-0.25, -0.2) is 13.6 Å². The monoisotopic (exact) mass is 453 g/mol. The number of aromatic carboxylic acids is 1. The quantitative estimate of drug-likeness (QED) is 0.443. The Balaban J connectivity index is 1.89. The number of hydrogen-bond acceptors (Lipinski definition) is 5. The Morgan fingerprint density at radius 1 is 1.24 bits per heavy atom. The number of hydrogen-bond donors (Lipinski definition) is 2. The molecule has 0 radical (unpaired) electrons. The number of nitrogens with one attached hydrogen (secondary N) is 1. The van der Waals surface area contributed by atoms with Crippen molar-refractivity contribution in [3.8, 4) is 11.3 Å². The van der Waals surface area contributed by atoms with Crippen molar-refractivity contribution in [1.82, 2.24) is 9.78 Å². The smallest absolute Gasteiger partial charge is 0.340 e. The maximum Gasteiger partial charge on any atom is 0.340 e. The fraction of sp³-hybridized carbons (Fsp3) is 0.208. The van der Waals surface area contributed by atoms with Gasteiger partial charge in [-0.3, -0.25) is 9.48 Å². The van der Waals surface area contributed by atoms with Gasteiger partial charge < -0.3 is 14.8 Å². The first-order valence-electron chi connectivity index (χ1n) is 10.1. The zero-order valence-corrected chi connectivity index (χ0v) is 18.4. The van der Waals surface area contributed by atoms with Crippen molar-refractivity contribution in [1.29, 1.82) is 0 Å². The van der Waals surface area contributed by atoms with Gasteiger partial charge in [0.2, 0.25) is 0 Å². The standard InChI is InChI=1S/C24H21F2N3O4/c1-11-7-15(13(3)28-18-6-5-17(25)20(26)19(18)24(31)32)23-16(8-11)21(30)12(2)22(33-23)14-9-27-29(4)10-14/h5-10,13,28H,1-4H3,(H,31,32). The first kappa shape index (κ1) is 22.2. The maximum atomic E-state index is 14.2. The van der Waals surface area contributed by atoms with Gasteiger partial charge in [-0.2, -0.15) is 5.10 Å². The minimum absolute atomic E-state index is 0.0921. The van der Waals surface area contributed by atoms with E-state index in [1.54, 1.807) is 50.1 Å². The number of carboxylic acid groups (broad SMARTS) is 1. The summed E-state index contributed by atoms with van der Waals surface area (Å²) in [6.07, 6.45) is 3.32. The van der Waals surface area contributed by atoms with E-state index in [0.29, 0.717) is 33.4 Å². The molecule has 4 aromatic rings. The largest absolute Gasteiger partial charge is 0.478 e. The highest BCUT2D eigenvalue weighted by atomic mass is 19.2. The molecule has 9 heteroatoms. The minimum atomic E-state index is -1.60. The number of halogens is 2. The van der Waals surface area contributed by atoms with Gasteiger partial charge in [-0.1, -0.05) is 6.07 Å². The molecule has 1 unspecified atom stereocenters. The average molecular weight is 453 g/mol. The fourth-order valence-electron chi connectivity index (χ4n) is 3.89. The number of anilines is 1. The number of aromatic nitrogens is 2. The number of fused-ring (bicyclic) bond motifs is 1. The molecule has 0 amide bonds. The molecule has 0 spiro atoms. The summed E-state index contributed by atoms with van der Waals surface area (Å²) in [6, 6.07) is 4.93. The third-order valence-corrected chi connectivity index (χ3v) is 5.51. The molecular weight excluding hydrogens is 432 g/mol. The second kappa shape index (κ2) is 8.16. The number of carboxylic acids is 1. The molecule has 4 rings (SSSR count). The van der Waals surface area contributed by atoms with Crippen LogP contribution in [0.2, 0.25) is 0 Å². The van der Waals surface area contributed by atoms with Gasteiger partial charge in [0.05, 0.1) is 28.9 Å². The van der Waals surface area contributed by atoms with Crippen LogP contribution in [0.15, 0.2) is 45.9 Å². The predicted octanol–water partition coefficient (Wildman–Crippen LogP) is 4.96. The predicted molar refractivity (Wildman–Crippen MR) is 120 cm³/mol. The van der Waals surface area contributed by atoms with Gasteiger partial charge in [0.15, 0.2) is 17.1 Å². The zero-order valence-electron chi connectivity index (χ0n) is 18.4. The summed E-state index contributed by atoms with van der Waals surface area (Å²) in [7, 11) is 1.75. The molecule has 0 aliphatic heterocycles. The summed E-state index contributed by atoms with van der Waals surface area (Å²) in [5.74, 6) is -3.93. The van der Waals surface area contributed by atoms with Crippen LogP contribution >= 0.6 is 0 Å². The molecule has 0 aliphatic rings. The third-order valence-electron chi connectivity index (χ3n) is 5.51. The van der Waals surface area contributed by atoms with Gasteiger partial charge in [0.1, 0.15) is 16.9 Å². The first-order valence-corrected chi connectivity index (χ1v) is 10.1. The maximum absolute atomic E-state index is 14.2. The molecule has 2 N–H and O–H groups in total. The van der Waals surface area contributed by atoms with Crippen LogP contribution in [0.3, 0.4) is 0 Å². The fourth-order valence-corrected chi connectivity index (χ4v) is 3.89. The highest BCUT2D eigenvalue weighted by molar-refractivity contribution is 5.95. The Hall–Kier alpha value is -4.01. The molecule has 0 saturated carbocycles. The molecule has 170 valence electrons. The van der Waals surface area contributed by atoms with E-state index < -0.39 is 29.2 Å². The lowest BCUT2D eigenvalue weighted by atomic mass is 9.99. The summed E-state index contributed by atoms with van der Waals surface area (Å²) in [5.41, 5.74) is 1.64. The van der Waals surface area contributed by atoms with E-state index >= 15 is 0 Å². The summed E-state index contributed by atoms with van der Waals surface area (Å²) in [5, 5.41) is 16.8. The van der Waals surface area contributed by atoms with E-state index in [9.17, 15) is 23.5 Å². The molecule has 33 heavy (non-hydrogen) atoms. The normalized spacial score (nSPS) is 12.2. The lowest BCUT2D eigenvalue weighted by Gasteiger charge is -2.20. The summed E-state index contributed by atoms with van der Waals surface area (Å²) in [4.78, 5) is 24.7. The molecule has 0 fully saturated rings. The Morgan fingerprint density at radius 3 is 2.61 bits per heavy atom. The second-order valence-electron chi connectivity index (χ2n) is 7.97. The molecule has 2 aromatic carbocycles. The van der Waals surface area contributed by atoms with Crippen LogP contribution in [-0.4, -0.2) is 20.9 Å². The number of benzene rings is 2. The van der Waals surface area contributed by atoms with Crippen molar-refractivity contribution < 1.29 is 23.1 Å². The SMILES string of the molecule is Cc1cc(C(C)Nc2ccc(F)c(F)c2C(=O)O)c2oc(-c3cnn(C)c3)c(C)c(=O)c2c1. The van der Waals surface area contributed by atoms with Gasteiger partial charge >= 0.3 is 5.97 Å². The molecule has 0 saturated heterocycles. The van der Waals surface area contributed by atoms with Crippen LogP contribution in [0.1, 0.15) is 40.0 Å². The average Bonchev–Trinajstić information content (AvgIpc) is 3.18. The van der Waals surface area contributed by atoms with Gasteiger partial charge in [0, 0.05) is 24.4 Å². The Labute approximate surface area is 187 Å². The second-order valence-corrected chi connectivity index (χ2v) is 7.97. The molecule has 2 heterocycles. The van der Waals surface area contributed by atoms with Crippen molar-refractivity contribution in [3.05, 3.63) is 80.8 Å². The van der Waals surface area contributed by atoms with E-state index in [-0.39, 0.29) is 11.1 Å². The molecule has 7 nitrogen and oxygen atoms in total. The van der Waals surface area contributed by atoms with Crippen LogP contribution in [0.4, 0.5) is 14.5 Å². The van der Waals surface area contributed by atoms with Crippen molar-refractivity contribution in [2.75, 3.05) is 5.32 Å². The van der Waals surface area contributed by atoms with Crippen molar-refractivity contribution in [3.63, 3.8) is 0 Å². The lowest BCUT2D eigenvalue weighted by molar-refractivity contribution is 0.0691. The number of rotatable bonds is 5. The summed E-state index contributed by atoms with van der Waals surface area (Å²) in [6.45, 7) is 5.21. The van der Waals surface area contributed by atoms with Gasteiger partial charge in [0.25, 0.3) is 0 Å². The molecule has 0 bridgehead atoms. The van der Waals surface area contributed by atoms with Crippen LogP contribution in [0, 0.1) is 25.5 Å². The van der Waals surface area contributed by atoms with E-state index in [1.807, 2.05) is 6.92 Å². The molecule has 0 aliphatic carbocycles. The van der Waals surface area contributed by atoms with Crippen LogP contribution < -0.4 is 10.7 Å². The van der Waals surface area contributed by atoms with Gasteiger partial charge in [-0.15, -0.1) is 0 Å². The number of carbonyl (C=O) groups is 1. The summed E-state index contributed by atoms with van der Waals surface area (Å²) < 4.78 is 35.6. The van der Waals surface area contributed by atoms with E-state index in [2.05, 4.69) is 10.4 Å². The van der Waals surface area contributed by atoms with Crippen LogP contribution in [-0.2, 0) is 7.05 Å². The van der Waals surface area contributed by atoms with Crippen LogP contribution in [0.25, 0.3) is 22.3 Å². The molecule has 2 aromatic heterocycles. The Morgan fingerprint density at radius 2 is 1.97 bits per heavy atom. The molecular formula is C24H21F2N3O4. The van der Waals surface area contributed by atoms with Gasteiger partial charge in [-0.05, 0) is 44.5 Å². The van der Waals surface area contributed by atoms with E-state index in [4.69, 9.17) is 4.42 Å². The highest BCUT2D eigenvalue weighted by Gasteiger charge is 2.23. The van der Waals surface area contributed by atoms with Crippen molar-refractivity contribution in [2.45, 2.75) is 26.8 Å². The summed E-state index contributed by atoms with van der Waals surface area (Å²) >= 11 is 0. The first-order chi connectivity index (χ1) is 15.6. The number of aryl methyl sites for hydroxylation is 2. The van der Waals surface area contributed by atoms with E-state index in [0.717, 1.165) is 17.7 Å². The minimum Gasteiger partial charge on any atom is -0.478 e. The topological polar surface area (TPSA) is 97.4 Å². The van der Waals surface area contributed by atoms with Crippen molar-refractivity contribution in [2.24, 2.45) is 7.05 Å².